The molecule has 37 heavy (non-hydrogen) atoms. The molecular formula is C24H20ClF3N6O3. The van der Waals surface area contributed by atoms with Crippen molar-refractivity contribution in [1.82, 2.24) is 23.9 Å². The van der Waals surface area contributed by atoms with Crippen molar-refractivity contribution in [2.24, 2.45) is 0 Å². The summed E-state index contributed by atoms with van der Waals surface area (Å²) < 4.78 is 42.7. The quantitative estimate of drug-likeness (QED) is 0.376. The molecule has 0 aliphatic rings. The highest BCUT2D eigenvalue weighted by Gasteiger charge is 2.39. The first-order valence-corrected chi connectivity index (χ1v) is 11.3. The lowest BCUT2D eigenvalue weighted by atomic mass is 10.1. The molecule has 0 saturated heterocycles. The summed E-state index contributed by atoms with van der Waals surface area (Å²) in [6.45, 7) is 0.198. The Bertz CT molecular complexity index is 1520. The topological polar surface area (TPSA) is 122 Å². The maximum absolute atomic E-state index is 13.3. The van der Waals surface area contributed by atoms with Gasteiger partial charge in [0.15, 0.2) is 17.8 Å². The number of alkyl halides is 3. The molecule has 0 radical (unpaired) electrons. The molecule has 0 aliphatic heterocycles. The molecule has 0 aliphatic carbocycles. The molecule has 0 saturated carbocycles. The molecule has 4 aromatic rings. The highest BCUT2D eigenvalue weighted by Crippen LogP contribution is 2.25. The van der Waals surface area contributed by atoms with E-state index in [1.165, 1.54) is 36.0 Å². The third kappa shape index (κ3) is 5.59. The van der Waals surface area contributed by atoms with E-state index in [9.17, 15) is 33.4 Å². The van der Waals surface area contributed by atoms with Crippen molar-refractivity contribution in [3.05, 3.63) is 87.4 Å². The van der Waals surface area contributed by atoms with Crippen LogP contribution in [0.4, 0.5) is 13.2 Å². The minimum atomic E-state index is -4.93. The van der Waals surface area contributed by atoms with Gasteiger partial charge in [-0.05, 0) is 42.8 Å². The Kier molecular flexibility index (Phi) is 7.22. The van der Waals surface area contributed by atoms with Crippen LogP contribution in [0, 0.1) is 11.3 Å². The first kappa shape index (κ1) is 26.2. The van der Waals surface area contributed by atoms with Gasteiger partial charge in [0.05, 0.1) is 36.1 Å². The lowest BCUT2D eigenvalue weighted by molar-refractivity contribution is -0.207. The Morgan fingerprint density at radius 2 is 1.86 bits per heavy atom. The normalized spacial score (nSPS) is 13.4. The van der Waals surface area contributed by atoms with Crippen LogP contribution in [0.1, 0.15) is 30.2 Å². The van der Waals surface area contributed by atoms with E-state index in [2.05, 4.69) is 10.1 Å². The molecule has 2 N–H and O–H groups in total. The Labute approximate surface area is 213 Å². The summed E-state index contributed by atoms with van der Waals surface area (Å²) in [6.07, 6.45) is -7.41. The Balaban J connectivity index is 1.82. The van der Waals surface area contributed by atoms with E-state index in [1.807, 2.05) is 6.07 Å². The van der Waals surface area contributed by atoms with E-state index < -0.39 is 30.6 Å². The van der Waals surface area contributed by atoms with Crippen LogP contribution < -0.4 is 5.69 Å². The Morgan fingerprint density at radius 3 is 2.49 bits per heavy atom. The molecule has 0 amide bonds. The van der Waals surface area contributed by atoms with Crippen LogP contribution in [0.5, 0.6) is 0 Å². The largest absolute Gasteiger partial charge is 0.416 e. The molecule has 192 valence electrons. The zero-order valence-corrected chi connectivity index (χ0v) is 20.0. The molecule has 2 atom stereocenters. The number of rotatable bonds is 7. The number of imidazole rings is 1. The summed E-state index contributed by atoms with van der Waals surface area (Å²) in [5, 5.41) is 33.6. The van der Waals surface area contributed by atoms with Crippen LogP contribution in [0.25, 0.3) is 16.9 Å². The van der Waals surface area contributed by atoms with Gasteiger partial charge in [0.25, 0.3) is 0 Å². The number of hydrogen-bond donors (Lipinski definition) is 2. The lowest BCUT2D eigenvalue weighted by Crippen LogP contribution is -2.37. The smallest absolute Gasteiger partial charge is 0.385 e. The van der Waals surface area contributed by atoms with E-state index in [0.29, 0.717) is 21.8 Å². The standard InChI is InChI=1S/C24H20ClF3N6O3/c1-14(35)22-30-21(34(31-22)18-4-2-3-15(9-18)10-29)13-32-11-19(16-5-7-17(25)8-6-16)33(23(32)37)12-20(36)24(26,27)28/h2-9,11,14,20,35-36H,12-13H2,1H3/t14-,20-/m0/s1. The molecule has 0 fully saturated rings. The number of nitrogens with zero attached hydrogens (tertiary/aromatic N) is 6. The number of benzene rings is 2. The molecule has 9 nitrogen and oxygen atoms in total. The molecule has 2 heterocycles. The minimum absolute atomic E-state index is 0.0512. The Morgan fingerprint density at radius 1 is 1.16 bits per heavy atom. The number of nitriles is 1. The summed E-state index contributed by atoms with van der Waals surface area (Å²) >= 11 is 5.93. The highest BCUT2D eigenvalue weighted by molar-refractivity contribution is 6.30. The Hall–Kier alpha value is -3.92. The molecule has 0 unspecified atom stereocenters. The van der Waals surface area contributed by atoms with Crippen molar-refractivity contribution in [1.29, 1.82) is 5.26 Å². The van der Waals surface area contributed by atoms with Gasteiger partial charge in [-0.1, -0.05) is 29.8 Å². The van der Waals surface area contributed by atoms with Crippen molar-refractivity contribution < 1.29 is 23.4 Å². The van der Waals surface area contributed by atoms with Gasteiger partial charge in [0.2, 0.25) is 0 Å². The van der Waals surface area contributed by atoms with Gasteiger partial charge >= 0.3 is 11.9 Å². The van der Waals surface area contributed by atoms with E-state index in [0.717, 1.165) is 9.13 Å². The van der Waals surface area contributed by atoms with E-state index >= 15 is 0 Å². The molecule has 0 spiro atoms. The predicted octanol–water partition coefficient (Wildman–Crippen LogP) is 3.45. The minimum Gasteiger partial charge on any atom is -0.385 e. The second kappa shape index (κ2) is 10.2. The third-order valence-corrected chi connectivity index (χ3v) is 5.77. The molecule has 2 aromatic carbocycles. The summed E-state index contributed by atoms with van der Waals surface area (Å²) in [7, 11) is 0. The van der Waals surface area contributed by atoms with E-state index in [-0.39, 0.29) is 23.9 Å². The molecule has 0 bridgehead atoms. The van der Waals surface area contributed by atoms with Crippen LogP contribution in [-0.4, -0.2) is 46.4 Å². The van der Waals surface area contributed by atoms with Crippen LogP contribution >= 0.6 is 11.6 Å². The second-order valence-electron chi connectivity index (χ2n) is 8.24. The summed E-state index contributed by atoms with van der Waals surface area (Å²) in [5.74, 6) is 0.236. The molecule has 2 aromatic heterocycles. The van der Waals surface area contributed by atoms with Crippen LogP contribution in [0.15, 0.2) is 59.5 Å². The van der Waals surface area contributed by atoms with Crippen molar-refractivity contribution in [3.63, 3.8) is 0 Å². The fourth-order valence-corrected chi connectivity index (χ4v) is 3.78. The lowest BCUT2D eigenvalue weighted by Gasteiger charge is -2.16. The number of aliphatic hydroxyl groups excluding tert-OH is 2. The number of hydrogen-bond acceptors (Lipinski definition) is 6. The van der Waals surface area contributed by atoms with Gasteiger partial charge < -0.3 is 10.2 Å². The highest BCUT2D eigenvalue weighted by atomic mass is 35.5. The average Bonchev–Trinajstić information content (AvgIpc) is 3.41. The predicted molar refractivity (Wildman–Crippen MR) is 127 cm³/mol. The monoisotopic (exact) mass is 532 g/mol. The van der Waals surface area contributed by atoms with Gasteiger partial charge in [-0.2, -0.15) is 18.4 Å². The SMILES string of the molecule is C[C@H](O)c1nc(Cn2cc(-c3ccc(Cl)cc3)n(C[C@H](O)C(F)(F)F)c2=O)n(-c2cccc(C#N)c2)n1. The maximum Gasteiger partial charge on any atom is 0.416 e. The van der Waals surface area contributed by atoms with Crippen LogP contribution in [0.2, 0.25) is 5.02 Å². The maximum atomic E-state index is 13.3. The summed E-state index contributed by atoms with van der Waals surface area (Å²) in [5.41, 5.74) is 0.478. The van der Waals surface area contributed by atoms with Gasteiger partial charge in [-0.3, -0.25) is 9.13 Å². The number of aliphatic hydroxyl groups is 2. The second-order valence-corrected chi connectivity index (χ2v) is 8.67. The fourth-order valence-electron chi connectivity index (χ4n) is 3.66. The van der Waals surface area contributed by atoms with E-state index in [4.69, 9.17) is 11.6 Å². The van der Waals surface area contributed by atoms with Crippen molar-refractivity contribution in [3.8, 4) is 23.0 Å². The zero-order chi connectivity index (χ0) is 26.9. The van der Waals surface area contributed by atoms with Crippen molar-refractivity contribution in [2.45, 2.75) is 38.4 Å². The molecule has 13 heteroatoms. The first-order valence-electron chi connectivity index (χ1n) is 10.9. The summed E-state index contributed by atoms with van der Waals surface area (Å²) in [4.78, 5) is 17.6. The number of aromatic nitrogens is 5. The van der Waals surface area contributed by atoms with E-state index in [1.54, 1.807) is 30.3 Å². The van der Waals surface area contributed by atoms with Crippen LogP contribution in [0.3, 0.4) is 0 Å². The average molecular weight is 533 g/mol. The van der Waals surface area contributed by atoms with Crippen LogP contribution in [-0.2, 0) is 13.1 Å². The van der Waals surface area contributed by atoms with Gasteiger partial charge in [0, 0.05) is 11.2 Å². The van der Waals surface area contributed by atoms with Gasteiger partial charge in [-0.15, -0.1) is 5.10 Å². The van der Waals surface area contributed by atoms with Gasteiger partial charge in [0.1, 0.15) is 6.10 Å². The fraction of sp³-hybridized carbons (Fsp3) is 0.250. The van der Waals surface area contributed by atoms with Gasteiger partial charge in [-0.25, -0.2) is 14.5 Å². The van der Waals surface area contributed by atoms with Crippen molar-refractivity contribution in [2.75, 3.05) is 0 Å². The first-order chi connectivity index (χ1) is 17.5. The molecular weight excluding hydrogens is 513 g/mol. The van der Waals surface area contributed by atoms with Crippen molar-refractivity contribution >= 4 is 11.6 Å². The third-order valence-electron chi connectivity index (χ3n) is 5.51. The summed E-state index contributed by atoms with van der Waals surface area (Å²) in [6, 6.07) is 14.5. The number of halogens is 4. The zero-order valence-electron chi connectivity index (χ0n) is 19.3. The molecule has 4 rings (SSSR count).